The minimum absolute atomic E-state index is 0.0579. The van der Waals surface area contributed by atoms with Crippen molar-refractivity contribution in [2.45, 2.75) is 19.4 Å². The highest BCUT2D eigenvalue weighted by atomic mass is 16.6. The maximum absolute atomic E-state index is 12.7. The highest BCUT2D eigenvalue weighted by Gasteiger charge is 2.15. The summed E-state index contributed by atoms with van der Waals surface area (Å²) in [4.78, 5) is 24.8. The van der Waals surface area contributed by atoms with E-state index in [9.17, 15) is 14.9 Å². The van der Waals surface area contributed by atoms with Gasteiger partial charge in [0.05, 0.1) is 4.92 Å². The third-order valence-corrected chi connectivity index (χ3v) is 3.84. The Balaban J connectivity index is 2.05. The van der Waals surface area contributed by atoms with Crippen LogP contribution in [0.1, 0.15) is 18.4 Å². The van der Waals surface area contributed by atoms with E-state index in [4.69, 9.17) is 4.74 Å². The molecule has 1 N–H and O–H groups in total. The zero-order valence-corrected chi connectivity index (χ0v) is 14.8. The fourth-order valence-corrected chi connectivity index (χ4v) is 2.51. The number of hydrogen-bond acceptors (Lipinski definition) is 4. The van der Waals surface area contributed by atoms with Gasteiger partial charge in [-0.15, -0.1) is 0 Å². The van der Waals surface area contributed by atoms with Crippen LogP contribution in [0.4, 0.5) is 16.2 Å². The van der Waals surface area contributed by atoms with Crippen molar-refractivity contribution in [3.63, 3.8) is 0 Å². The number of methoxy groups -OCH3 is 1. The topological polar surface area (TPSA) is 84.7 Å². The zero-order valence-electron chi connectivity index (χ0n) is 14.8. The van der Waals surface area contributed by atoms with Crippen molar-refractivity contribution in [3.05, 3.63) is 70.3 Å². The Morgan fingerprint density at radius 2 is 1.92 bits per heavy atom. The molecule has 0 aliphatic rings. The Morgan fingerprint density at radius 1 is 1.15 bits per heavy atom. The third-order valence-electron chi connectivity index (χ3n) is 3.84. The molecule has 2 aromatic carbocycles. The van der Waals surface area contributed by atoms with Crippen molar-refractivity contribution < 1.29 is 14.5 Å². The number of carbonyl (C=O) groups excluding carboxylic acids is 1. The Morgan fingerprint density at radius 3 is 2.62 bits per heavy atom. The van der Waals surface area contributed by atoms with E-state index in [0.717, 1.165) is 18.4 Å². The number of amides is 2. The summed E-state index contributed by atoms with van der Waals surface area (Å²) < 4.78 is 5.05. The number of nitro benzene ring substituents is 1. The molecule has 2 aromatic rings. The number of nitrogens with one attached hydrogen (secondary N) is 1. The van der Waals surface area contributed by atoms with Crippen LogP contribution in [-0.4, -0.2) is 36.1 Å². The molecular formula is C19H23N3O4. The molecule has 0 aliphatic heterocycles. The molecular weight excluding hydrogens is 334 g/mol. The largest absolute Gasteiger partial charge is 0.385 e. The lowest BCUT2D eigenvalue weighted by Gasteiger charge is -2.23. The van der Waals surface area contributed by atoms with Gasteiger partial charge in [-0.05, 0) is 24.5 Å². The van der Waals surface area contributed by atoms with Gasteiger partial charge in [0, 0.05) is 44.6 Å². The van der Waals surface area contributed by atoms with Gasteiger partial charge in [0.15, 0.2) is 0 Å². The van der Waals surface area contributed by atoms with Crippen molar-refractivity contribution in [1.29, 1.82) is 0 Å². The predicted octanol–water partition coefficient (Wildman–Crippen LogP) is 4.06. The number of hydrogen-bond donors (Lipinski definition) is 1. The quantitative estimate of drug-likeness (QED) is 0.417. The lowest BCUT2D eigenvalue weighted by atomic mass is 10.2. The minimum Gasteiger partial charge on any atom is -0.385 e. The molecule has 138 valence electrons. The van der Waals surface area contributed by atoms with Gasteiger partial charge in [0.2, 0.25) is 0 Å². The summed E-state index contributed by atoms with van der Waals surface area (Å²) in [6.45, 7) is 1.68. The van der Waals surface area contributed by atoms with E-state index < -0.39 is 4.92 Å². The normalized spacial score (nSPS) is 10.3. The molecule has 2 rings (SSSR count). The van der Waals surface area contributed by atoms with E-state index >= 15 is 0 Å². The van der Waals surface area contributed by atoms with Gasteiger partial charge in [-0.2, -0.15) is 0 Å². The fourth-order valence-electron chi connectivity index (χ4n) is 2.51. The summed E-state index contributed by atoms with van der Waals surface area (Å²) in [6.07, 6.45) is 1.66. The van der Waals surface area contributed by atoms with Crippen LogP contribution in [0.3, 0.4) is 0 Å². The Kier molecular flexibility index (Phi) is 7.57. The van der Waals surface area contributed by atoms with Crippen LogP contribution < -0.4 is 5.32 Å². The molecule has 0 radical (unpaired) electrons. The van der Waals surface area contributed by atoms with Gasteiger partial charge in [-0.25, -0.2) is 4.79 Å². The number of urea groups is 1. The second kappa shape index (κ2) is 10.1. The molecule has 0 saturated heterocycles. The lowest BCUT2D eigenvalue weighted by molar-refractivity contribution is -0.384. The number of rotatable bonds is 9. The maximum atomic E-state index is 12.7. The first kappa shape index (κ1) is 19.4. The molecule has 0 spiro atoms. The molecule has 0 saturated carbocycles. The van der Waals surface area contributed by atoms with Crippen LogP contribution in [0, 0.1) is 10.1 Å². The van der Waals surface area contributed by atoms with Crippen LogP contribution >= 0.6 is 0 Å². The van der Waals surface area contributed by atoms with E-state index in [2.05, 4.69) is 5.32 Å². The predicted molar refractivity (Wildman–Crippen MR) is 100 cm³/mol. The summed E-state index contributed by atoms with van der Waals surface area (Å²) >= 11 is 0. The van der Waals surface area contributed by atoms with Crippen LogP contribution in [0.25, 0.3) is 0 Å². The number of non-ortho nitro benzene ring substituents is 1. The van der Waals surface area contributed by atoms with Crippen molar-refractivity contribution in [3.8, 4) is 0 Å². The molecule has 0 unspecified atom stereocenters. The number of nitrogens with zero attached hydrogens (tertiary/aromatic N) is 2. The van der Waals surface area contributed by atoms with Crippen molar-refractivity contribution in [1.82, 2.24) is 4.90 Å². The number of unbranched alkanes of at least 4 members (excludes halogenated alkanes) is 1. The summed E-state index contributed by atoms with van der Waals surface area (Å²) in [6, 6.07) is 15.3. The second-order valence-electron chi connectivity index (χ2n) is 5.84. The van der Waals surface area contributed by atoms with Gasteiger partial charge in [-0.3, -0.25) is 10.1 Å². The molecule has 0 bridgehead atoms. The molecule has 0 atom stereocenters. The number of ether oxygens (including phenoxy) is 1. The van der Waals surface area contributed by atoms with Crippen molar-refractivity contribution in [2.75, 3.05) is 25.6 Å². The van der Waals surface area contributed by atoms with Gasteiger partial charge in [0.25, 0.3) is 5.69 Å². The van der Waals surface area contributed by atoms with Crippen LogP contribution in [0.5, 0.6) is 0 Å². The summed E-state index contributed by atoms with van der Waals surface area (Å²) in [5, 5.41) is 13.6. The minimum atomic E-state index is -0.484. The van der Waals surface area contributed by atoms with Crippen molar-refractivity contribution >= 4 is 17.4 Å². The number of nitro groups is 1. The fraction of sp³-hybridized carbons (Fsp3) is 0.316. The second-order valence-corrected chi connectivity index (χ2v) is 5.84. The van der Waals surface area contributed by atoms with E-state index in [1.54, 1.807) is 24.1 Å². The zero-order chi connectivity index (χ0) is 18.8. The van der Waals surface area contributed by atoms with E-state index in [1.165, 1.54) is 12.1 Å². The smallest absolute Gasteiger partial charge is 0.322 e. The molecule has 0 fully saturated rings. The van der Waals surface area contributed by atoms with Crippen LogP contribution in [0.2, 0.25) is 0 Å². The van der Waals surface area contributed by atoms with E-state index in [0.29, 0.717) is 25.4 Å². The first-order valence-corrected chi connectivity index (χ1v) is 8.43. The van der Waals surface area contributed by atoms with Gasteiger partial charge in [0.1, 0.15) is 0 Å². The number of benzene rings is 2. The monoisotopic (exact) mass is 357 g/mol. The Bertz CT molecular complexity index is 722. The lowest BCUT2D eigenvalue weighted by Crippen LogP contribution is -2.35. The van der Waals surface area contributed by atoms with Gasteiger partial charge >= 0.3 is 6.03 Å². The Hall–Kier alpha value is -2.93. The number of carbonyl (C=O) groups is 1. The van der Waals surface area contributed by atoms with Crippen LogP contribution in [0.15, 0.2) is 54.6 Å². The molecule has 2 amide bonds. The average molecular weight is 357 g/mol. The van der Waals surface area contributed by atoms with E-state index in [-0.39, 0.29) is 11.7 Å². The molecule has 0 heterocycles. The summed E-state index contributed by atoms with van der Waals surface area (Å²) in [5.41, 5.74) is 1.37. The van der Waals surface area contributed by atoms with Crippen LogP contribution in [-0.2, 0) is 11.3 Å². The molecule has 26 heavy (non-hydrogen) atoms. The molecule has 0 aromatic heterocycles. The summed E-state index contributed by atoms with van der Waals surface area (Å²) in [5.74, 6) is 0. The average Bonchev–Trinajstić information content (AvgIpc) is 2.65. The standard InChI is InChI=1S/C19H23N3O4/c1-26-13-6-5-12-21(15-16-8-3-2-4-9-16)19(23)20-17-10-7-11-18(14-17)22(24)25/h2-4,7-11,14H,5-6,12-13,15H2,1H3,(H,20,23). The first-order valence-electron chi connectivity index (χ1n) is 8.43. The van der Waals surface area contributed by atoms with E-state index in [1.807, 2.05) is 30.3 Å². The molecule has 7 nitrogen and oxygen atoms in total. The number of anilines is 1. The molecule has 7 heteroatoms. The van der Waals surface area contributed by atoms with Crippen molar-refractivity contribution in [2.24, 2.45) is 0 Å². The van der Waals surface area contributed by atoms with Gasteiger partial charge in [-0.1, -0.05) is 36.4 Å². The highest BCUT2D eigenvalue weighted by Crippen LogP contribution is 2.18. The first-order chi connectivity index (χ1) is 12.6. The SMILES string of the molecule is COCCCCN(Cc1ccccc1)C(=O)Nc1cccc([N+](=O)[O-])c1. The molecule has 0 aliphatic carbocycles. The Labute approximate surface area is 152 Å². The van der Waals surface area contributed by atoms with Gasteiger partial charge < -0.3 is 15.0 Å². The summed E-state index contributed by atoms with van der Waals surface area (Å²) in [7, 11) is 1.65. The highest BCUT2D eigenvalue weighted by molar-refractivity contribution is 5.89. The maximum Gasteiger partial charge on any atom is 0.322 e. The third kappa shape index (κ3) is 6.18.